The van der Waals surface area contributed by atoms with Crippen LogP contribution in [0.2, 0.25) is 0 Å². The summed E-state index contributed by atoms with van der Waals surface area (Å²) in [7, 11) is 0. The molecule has 0 spiro atoms. The molecule has 168 valence electrons. The molecular weight excluding hydrogens is 430 g/mol. The number of alkyl halides is 6. The monoisotopic (exact) mass is 448 g/mol. The molecule has 0 saturated heterocycles. The summed E-state index contributed by atoms with van der Waals surface area (Å²) in [4.78, 5) is 23.4. The van der Waals surface area contributed by atoms with Gasteiger partial charge >= 0.3 is 24.4 Å². The smallest absolute Gasteiger partial charge is 0.338 e. The Kier molecular flexibility index (Phi) is 7.72. The number of anilines is 2. The second kappa shape index (κ2) is 10.0. The molecule has 4 N–H and O–H groups in total. The van der Waals surface area contributed by atoms with Crippen LogP contribution < -0.4 is 21.3 Å². The first-order valence-corrected chi connectivity index (χ1v) is 8.89. The molecule has 0 fully saturated rings. The highest BCUT2D eigenvalue weighted by Gasteiger charge is 2.30. The molecule has 31 heavy (non-hydrogen) atoms. The van der Waals surface area contributed by atoms with Crippen molar-refractivity contribution in [3.8, 4) is 0 Å². The van der Waals surface area contributed by atoms with E-state index in [1.54, 1.807) is 0 Å². The zero-order chi connectivity index (χ0) is 23.1. The van der Waals surface area contributed by atoms with Gasteiger partial charge in [0.25, 0.3) is 0 Å². The van der Waals surface area contributed by atoms with Gasteiger partial charge in [-0.2, -0.15) is 26.3 Å². The van der Waals surface area contributed by atoms with Gasteiger partial charge in [0.05, 0.1) is 11.1 Å². The van der Waals surface area contributed by atoms with Crippen molar-refractivity contribution in [3.63, 3.8) is 0 Å². The minimum atomic E-state index is -4.47. The maximum absolute atomic E-state index is 12.5. The largest absolute Gasteiger partial charge is 0.416 e. The van der Waals surface area contributed by atoms with E-state index >= 15 is 0 Å². The standard InChI is InChI=1S/C19H18F6N4O2/c20-18(21,22)12-2-6-14(7-3-12)28-16(30)26-10-1-11-27-17(31)29-15-8-4-13(5-9-15)19(23,24)25/h2-9H,1,10-11H2,(H2,26,28,30)(H2,27,29,31). The summed E-state index contributed by atoms with van der Waals surface area (Å²) in [5.74, 6) is 0. The maximum atomic E-state index is 12.5. The van der Waals surface area contributed by atoms with E-state index in [0.29, 0.717) is 6.42 Å². The first kappa shape index (κ1) is 23.8. The van der Waals surface area contributed by atoms with Gasteiger partial charge in [-0.15, -0.1) is 0 Å². The minimum Gasteiger partial charge on any atom is -0.338 e. The molecule has 2 rings (SSSR count). The Bertz CT molecular complexity index is 807. The maximum Gasteiger partial charge on any atom is 0.416 e. The summed E-state index contributed by atoms with van der Waals surface area (Å²) in [6, 6.07) is 6.59. The van der Waals surface area contributed by atoms with Gasteiger partial charge in [-0.3, -0.25) is 0 Å². The van der Waals surface area contributed by atoms with E-state index in [1.165, 1.54) is 0 Å². The fraction of sp³-hybridized carbons (Fsp3) is 0.263. The van der Waals surface area contributed by atoms with E-state index < -0.39 is 35.5 Å². The molecule has 0 aliphatic carbocycles. The van der Waals surface area contributed by atoms with Crippen LogP contribution in [0.3, 0.4) is 0 Å². The molecule has 0 atom stereocenters. The average Bonchev–Trinajstić information content (AvgIpc) is 2.67. The lowest BCUT2D eigenvalue weighted by Gasteiger charge is -2.11. The van der Waals surface area contributed by atoms with Gasteiger partial charge in [0.1, 0.15) is 0 Å². The van der Waals surface area contributed by atoms with Gasteiger partial charge in [0, 0.05) is 24.5 Å². The van der Waals surface area contributed by atoms with Crippen molar-refractivity contribution >= 4 is 23.4 Å². The van der Waals surface area contributed by atoms with E-state index in [4.69, 9.17) is 0 Å². The Morgan fingerprint density at radius 3 is 1.23 bits per heavy atom. The van der Waals surface area contributed by atoms with E-state index in [2.05, 4.69) is 21.3 Å². The number of urea groups is 2. The highest BCUT2D eigenvalue weighted by atomic mass is 19.4. The highest BCUT2D eigenvalue weighted by Crippen LogP contribution is 2.30. The van der Waals surface area contributed by atoms with Crippen LogP contribution >= 0.6 is 0 Å². The number of nitrogens with one attached hydrogen (secondary N) is 4. The van der Waals surface area contributed by atoms with Crippen molar-refractivity contribution in [2.24, 2.45) is 0 Å². The molecule has 2 aromatic carbocycles. The van der Waals surface area contributed by atoms with Crippen LogP contribution in [0.5, 0.6) is 0 Å². The molecule has 6 nitrogen and oxygen atoms in total. The molecule has 0 bridgehead atoms. The second-order valence-corrected chi connectivity index (χ2v) is 6.27. The second-order valence-electron chi connectivity index (χ2n) is 6.27. The average molecular weight is 448 g/mol. The van der Waals surface area contributed by atoms with Crippen molar-refractivity contribution in [2.45, 2.75) is 18.8 Å². The zero-order valence-corrected chi connectivity index (χ0v) is 15.8. The number of hydrogen-bond donors (Lipinski definition) is 4. The fourth-order valence-electron chi connectivity index (χ4n) is 2.33. The van der Waals surface area contributed by atoms with Crippen LogP contribution in [-0.2, 0) is 12.4 Å². The van der Waals surface area contributed by atoms with Gasteiger partial charge in [-0.1, -0.05) is 0 Å². The van der Waals surface area contributed by atoms with Crippen LogP contribution in [0.4, 0.5) is 47.3 Å². The van der Waals surface area contributed by atoms with Crippen LogP contribution in [-0.4, -0.2) is 25.2 Å². The Balaban J connectivity index is 1.64. The topological polar surface area (TPSA) is 82.3 Å². The lowest BCUT2D eigenvalue weighted by atomic mass is 10.2. The predicted molar refractivity (Wildman–Crippen MR) is 102 cm³/mol. The number of rotatable bonds is 6. The lowest BCUT2D eigenvalue weighted by Crippen LogP contribution is -2.34. The third-order valence-electron chi connectivity index (χ3n) is 3.86. The summed E-state index contributed by atoms with van der Waals surface area (Å²) >= 11 is 0. The predicted octanol–water partition coefficient (Wildman–Crippen LogP) is 5.06. The minimum absolute atomic E-state index is 0.160. The Morgan fingerprint density at radius 2 is 0.935 bits per heavy atom. The van der Waals surface area contributed by atoms with E-state index in [9.17, 15) is 35.9 Å². The van der Waals surface area contributed by atoms with Crippen molar-refractivity contribution in [1.29, 1.82) is 0 Å². The van der Waals surface area contributed by atoms with Gasteiger partial charge < -0.3 is 21.3 Å². The first-order valence-electron chi connectivity index (χ1n) is 8.89. The fourth-order valence-corrected chi connectivity index (χ4v) is 2.33. The van der Waals surface area contributed by atoms with Gasteiger partial charge in [-0.05, 0) is 55.0 Å². The van der Waals surface area contributed by atoms with Crippen molar-refractivity contribution < 1.29 is 35.9 Å². The van der Waals surface area contributed by atoms with E-state index in [0.717, 1.165) is 48.5 Å². The summed E-state index contributed by atoms with van der Waals surface area (Å²) in [5, 5.41) is 9.68. The molecule has 0 saturated carbocycles. The molecule has 4 amide bonds. The summed E-state index contributed by atoms with van der Waals surface area (Å²) in [6.07, 6.45) is -8.60. The number of benzene rings is 2. The third-order valence-corrected chi connectivity index (χ3v) is 3.86. The first-order chi connectivity index (χ1) is 14.4. The summed E-state index contributed by atoms with van der Waals surface area (Å²) < 4.78 is 74.9. The van der Waals surface area contributed by atoms with Crippen molar-refractivity contribution in [1.82, 2.24) is 10.6 Å². The van der Waals surface area contributed by atoms with Crippen molar-refractivity contribution in [3.05, 3.63) is 59.7 Å². The molecule has 0 aliphatic heterocycles. The van der Waals surface area contributed by atoms with Crippen LogP contribution in [0, 0.1) is 0 Å². The molecule has 0 heterocycles. The van der Waals surface area contributed by atoms with Crippen LogP contribution in [0.25, 0.3) is 0 Å². The molecular formula is C19H18F6N4O2. The molecule has 0 aromatic heterocycles. The quantitative estimate of drug-likeness (QED) is 0.368. The van der Waals surface area contributed by atoms with Crippen molar-refractivity contribution in [2.75, 3.05) is 23.7 Å². The third kappa shape index (κ3) is 8.07. The lowest BCUT2D eigenvalue weighted by molar-refractivity contribution is -0.138. The normalized spacial score (nSPS) is 11.5. The summed E-state index contributed by atoms with van der Waals surface area (Å²) in [6.45, 7) is 0.319. The Morgan fingerprint density at radius 1 is 0.613 bits per heavy atom. The zero-order valence-electron chi connectivity index (χ0n) is 15.8. The van der Waals surface area contributed by atoms with Gasteiger partial charge in [0.2, 0.25) is 0 Å². The molecule has 0 aliphatic rings. The molecule has 2 aromatic rings. The number of carbonyl (C=O) groups excluding carboxylic acids is 2. The Labute approximate surface area is 173 Å². The molecule has 0 unspecified atom stereocenters. The van der Waals surface area contributed by atoms with E-state index in [-0.39, 0.29) is 24.5 Å². The van der Waals surface area contributed by atoms with Gasteiger partial charge in [0.15, 0.2) is 0 Å². The summed E-state index contributed by atoms with van der Waals surface area (Å²) in [5.41, 5.74) is -1.31. The number of carbonyl (C=O) groups is 2. The number of amides is 4. The van der Waals surface area contributed by atoms with Crippen LogP contribution in [0.1, 0.15) is 17.5 Å². The number of halogens is 6. The number of hydrogen-bond acceptors (Lipinski definition) is 2. The van der Waals surface area contributed by atoms with E-state index in [1.807, 2.05) is 0 Å². The molecule has 12 heteroatoms. The Hall–Kier alpha value is -3.44. The van der Waals surface area contributed by atoms with Crippen LogP contribution in [0.15, 0.2) is 48.5 Å². The highest BCUT2D eigenvalue weighted by molar-refractivity contribution is 5.89. The molecule has 0 radical (unpaired) electrons. The van der Waals surface area contributed by atoms with Gasteiger partial charge in [-0.25, -0.2) is 9.59 Å². The SMILES string of the molecule is O=C(NCCCNC(=O)Nc1ccc(C(F)(F)F)cc1)Nc1ccc(C(F)(F)F)cc1.